The lowest BCUT2D eigenvalue weighted by Crippen LogP contribution is -2.28. The van der Waals surface area contributed by atoms with Crippen molar-refractivity contribution in [2.45, 2.75) is 6.42 Å². The van der Waals surface area contributed by atoms with Crippen LogP contribution in [0, 0.1) is 5.82 Å². The number of hydrogen-bond acceptors (Lipinski definition) is 5. The Morgan fingerprint density at radius 1 is 0.824 bits per heavy atom. The number of methoxy groups -OCH3 is 2. The first-order valence-electron chi connectivity index (χ1n) is 10.4. The second kappa shape index (κ2) is 11.5. The summed E-state index contributed by atoms with van der Waals surface area (Å²) < 4.78 is 23.8. The first-order chi connectivity index (χ1) is 16.4. The number of benzene rings is 3. The molecular weight excluding hydrogens is 441 g/mol. The number of carbonyl (C=O) groups is 3. The predicted octanol–water partition coefficient (Wildman–Crippen LogP) is 3.85. The van der Waals surface area contributed by atoms with Crippen LogP contribution in [-0.2, 0) is 4.79 Å². The molecule has 0 saturated heterocycles. The molecular formula is C25H24FN3O5. The largest absolute Gasteiger partial charge is 0.496 e. The number of halogens is 1. The first-order valence-corrected chi connectivity index (χ1v) is 10.4. The van der Waals surface area contributed by atoms with Crippen molar-refractivity contribution in [1.82, 2.24) is 5.32 Å². The number of hydrogen-bond donors (Lipinski definition) is 3. The number of amides is 3. The topological polar surface area (TPSA) is 106 Å². The van der Waals surface area contributed by atoms with Gasteiger partial charge in [0.15, 0.2) is 0 Å². The molecule has 0 radical (unpaired) electrons. The zero-order valence-corrected chi connectivity index (χ0v) is 18.7. The molecule has 0 atom stereocenters. The monoisotopic (exact) mass is 465 g/mol. The molecule has 0 aliphatic carbocycles. The number of rotatable bonds is 9. The van der Waals surface area contributed by atoms with Crippen LogP contribution >= 0.6 is 0 Å². The van der Waals surface area contributed by atoms with E-state index in [1.807, 2.05) is 0 Å². The van der Waals surface area contributed by atoms with E-state index in [1.54, 1.807) is 36.4 Å². The first kappa shape index (κ1) is 24.2. The number of nitrogens with one attached hydrogen (secondary N) is 3. The van der Waals surface area contributed by atoms with Crippen molar-refractivity contribution in [2.24, 2.45) is 0 Å². The summed E-state index contributed by atoms with van der Waals surface area (Å²) in [7, 11) is 2.92. The Labute approximate surface area is 196 Å². The highest BCUT2D eigenvalue weighted by Crippen LogP contribution is 2.28. The summed E-state index contributed by atoms with van der Waals surface area (Å²) in [5.74, 6) is -0.939. The van der Waals surface area contributed by atoms with Gasteiger partial charge >= 0.3 is 0 Å². The fourth-order valence-electron chi connectivity index (χ4n) is 3.15. The second-order valence-corrected chi connectivity index (χ2v) is 7.13. The summed E-state index contributed by atoms with van der Waals surface area (Å²) >= 11 is 0. The maximum atomic E-state index is 13.4. The number of carbonyl (C=O) groups excluding carboxylic acids is 3. The normalized spacial score (nSPS) is 10.2. The minimum absolute atomic E-state index is 0.0257. The van der Waals surface area contributed by atoms with Crippen molar-refractivity contribution in [1.29, 1.82) is 0 Å². The van der Waals surface area contributed by atoms with Gasteiger partial charge in [0.1, 0.15) is 17.3 Å². The quantitative estimate of drug-likeness (QED) is 0.445. The molecule has 0 bridgehead atoms. The fraction of sp³-hybridized carbons (Fsp3) is 0.160. The average Bonchev–Trinajstić information content (AvgIpc) is 2.84. The van der Waals surface area contributed by atoms with Crippen molar-refractivity contribution in [3.8, 4) is 11.5 Å². The van der Waals surface area contributed by atoms with Crippen molar-refractivity contribution in [3.05, 3.63) is 83.7 Å². The molecule has 0 unspecified atom stereocenters. The number of anilines is 2. The van der Waals surface area contributed by atoms with Gasteiger partial charge in [-0.3, -0.25) is 14.4 Å². The molecule has 8 nitrogen and oxygen atoms in total. The van der Waals surface area contributed by atoms with Gasteiger partial charge in [-0.15, -0.1) is 0 Å². The lowest BCUT2D eigenvalue weighted by molar-refractivity contribution is -0.116. The smallest absolute Gasteiger partial charge is 0.255 e. The maximum absolute atomic E-state index is 13.4. The third-order valence-electron chi connectivity index (χ3n) is 4.81. The van der Waals surface area contributed by atoms with E-state index in [9.17, 15) is 18.8 Å². The van der Waals surface area contributed by atoms with Gasteiger partial charge in [-0.2, -0.15) is 0 Å². The van der Waals surface area contributed by atoms with E-state index in [4.69, 9.17) is 9.47 Å². The predicted molar refractivity (Wildman–Crippen MR) is 126 cm³/mol. The highest BCUT2D eigenvalue weighted by Gasteiger charge is 2.14. The van der Waals surface area contributed by atoms with Crippen LogP contribution < -0.4 is 25.4 Å². The van der Waals surface area contributed by atoms with Crippen LogP contribution in [0.2, 0.25) is 0 Å². The summed E-state index contributed by atoms with van der Waals surface area (Å²) in [4.78, 5) is 37.1. The lowest BCUT2D eigenvalue weighted by atomic mass is 10.2. The molecule has 176 valence electrons. The molecule has 0 fully saturated rings. The molecule has 0 saturated carbocycles. The van der Waals surface area contributed by atoms with Gasteiger partial charge in [-0.1, -0.05) is 18.2 Å². The molecule has 0 aliphatic rings. The van der Waals surface area contributed by atoms with Gasteiger partial charge in [-0.05, 0) is 48.5 Å². The van der Waals surface area contributed by atoms with Gasteiger partial charge in [0.2, 0.25) is 5.91 Å². The molecule has 3 aromatic carbocycles. The molecule has 3 N–H and O–H groups in total. The van der Waals surface area contributed by atoms with Crippen LogP contribution in [0.25, 0.3) is 0 Å². The minimum Gasteiger partial charge on any atom is -0.496 e. The Morgan fingerprint density at radius 2 is 1.59 bits per heavy atom. The molecule has 3 aromatic rings. The van der Waals surface area contributed by atoms with E-state index in [-0.39, 0.29) is 30.3 Å². The zero-order chi connectivity index (χ0) is 24.5. The zero-order valence-electron chi connectivity index (χ0n) is 18.7. The Balaban J connectivity index is 1.59. The fourth-order valence-corrected chi connectivity index (χ4v) is 3.15. The summed E-state index contributed by atoms with van der Waals surface area (Å²) in [5.41, 5.74) is 1.23. The highest BCUT2D eigenvalue weighted by molar-refractivity contribution is 6.05. The van der Waals surface area contributed by atoms with Gasteiger partial charge in [-0.25, -0.2) is 4.39 Å². The summed E-state index contributed by atoms with van der Waals surface area (Å²) in [6, 6.07) is 16.8. The third-order valence-corrected chi connectivity index (χ3v) is 4.81. The Hall–Kier alpha value is -4.40. The molecule has 0 heterocycles. The van der Waals surface area contributed by atoms with E-state index in [2.05, 4.69) is 16.0 Å². The summed E-state index contributed by atoms with van der Waals surface area (Å²) in [6.07, 6.45) is 0.0257. The number of ether oxygens (including phenoxy) is 2. The van der Waals surface area contributed by atoms with Crippen LogP contribution in [0.1, 0.15) is 27.1 Å². The van der Waals surface area contributed by atoms with E-state index < -0.39 is 11.7 Å². The molecule has 0 aliphatic heterocycles. The van der Waals surface area contributed by atoms with Crippen LogP contribution in [0.5, 0.6) is 11.5 Å². The van der Waals surface area contributed by atoms with Crippen molar-refractivity contribution in [3.63, 3.8) is 0 Å². The van der Waals surface area contributed by atoms with Crippen LogP contribution in [0.15, 0.2) is 66.7 Å². The van der Waals surface area contributed by atoms with Crippen molar-refractivity contribution >= 4 is 29.1 Å². The standard InChI is InChI=1S/C25H24FN3O5/c1-33-21-9-4-3-8-19(21)25(32)27-13-12-23(30)28-18-10-11-22(34-2)20(15-18)29-24(31)16-6-5-7-17(26)14-16/h3-11,14-15H,12-13H2,1-2H3,(H,27,32)(H,28,30)(H,29,31). The van der Waals surface area contributed by atoms with Crippen LogP contribution in [0.4, 0.5) is 15.8 Å². The van der Waals surface area contributed by atoms with E-state index in [0.29, 0.717) is 28.4 Å². The molecule has 34 heavy (non-hydrogen) atoms. The van der Waals surface area contributed by atoms with Crippen LogP contribution in [0.3, 0.4) is 0 Å². The van der Waals surface area contributed by atoms with Crippen molar-refractivity contribution < 1.29 is 28.2 Å². The van der Waals surface area contributed by atoms with Gasteiger partial charge in [0.05, 0.1) is 25.5 Å². The van der Waals surface area contributed by atoms with Gasteiger partial charge < -0.3 is 25.4 Å². The lowest BCUT2D eigenvalue weighted by Gasteiger charge is -2.13. The Morgan fingerprint density at radius 3 is 2.32 bits per heavy atom. The third kappa shape index (κ3) is 6.32. The highest BCUT2D eigenvalue weighted by atomic mass is 19.1. The minimum atomic E-state index is -0.529. The molecule has 0 spiro atoms. The SMILES string of the molecule is COc1ccc(NC(=O)CCNC(=O)c2ccccc2OC)cc1NC(=O)c1cccc(F)c1. The average molecular weight is 465 g/mol. The van der Waals surface area contributed by atoms with Gasteiger partial charge in [0.25, 0.3) is 11.8 Å². The van der Waals surface area contributed by atoms with E-state index in [1.165, 1.54) is 38.5 Å². The van der Waals surface area contributed by atoms with E-state index >= 15 is 0 Å². The molecule has 9 heteroatoms. The number of para-hydroxylation sites is 1. The summed E-state index contributed by atoms with van der Waals surface area (Å²) in [5, 5.41) is 8.05. The van der Waals surface area contributed by atoms with E-state index in [0.717, 1.165) is 6.07 Å². The summed E-state index contributed by atoms with van der Waals surface area (Å²) in [6.45, 7) is 0.113. The molecule has 3 amide bonds. The second-order valence-electron chi connectivity index (χ2n) is 7.13. The molecule has 0 aromatic heterocycles. The Bertz CT molecular complexity index is 1200. The van der Waals surface area contributed by atoms with Gasteiger partial charge in [0, 0.05) is 24.2 Å². The maximum Gasteiger partial charge on any atom is 0.255 e. The van der Waals surface area contributed by atoms with Crippen molar-refractivity contribution in [2.75, 3.05) is 31.4 Å². The van der Waals surface area contributed by atoms with Crippen LogP contribution in [-0.4, -0.2) is 38.5 Å². The molecule has 3 rings (SSSR count). The Kier molecular flexibility index (Phi) is 8.17.